The van der Waals surface area contributed by atoms with Crippen molar-refractivity contribution in [2.24, 2.45) is 0 Å². The van der Waals surface area contributed by atoms with Gasteiger partial charge < -0.3 is 24.3 Å². The molecule has 1 amide bonds. The maximum absolute atomic E-state index is 12.0. The molecule has 8 nitrogen and oxygen atoms in total. The molecule has 1 N–H and O–H groups in total. The maximum atomic E-state index is 12.0. The zero-order valence-electron chi connectivity index (χ0n) is 13.2. The van der Waals surface area contributed by atoms with Crippen LogP contribution in [0.15, 0.2) is 30.4 Å². The number of carbonyl (C=O) groups is 3. The number of carbonyl (C=O) groups excluding carboxylic acids is 3. The van der Waals surface area contributed by atoms with Crippen LogP contribution in [0.5, 0.6) is 11.5 Å². The molecule has 0 saturated heterocycles. The lowest BCUT2D eigenvalue weighted by Gasteiger charge is -2.12. The van der Waals surface area contributed by atoms with E-state index < -0.39 is 23.9 Å². The number of hydrogen-bond donors (Lipinski definition) is 1. The van der Waals surface area contributed by atoms with E-state index in [1.165, 1.54) is 6.92 Å². The maximum Gasteiger partial charge on any atom is 0.331 e. The van der Waals surface area contributed by atoms with Gasteiger partial charge in [-0.3, -0.25) is 4.79 Å². The van der Waals surface area contributed by atoms with Gasteiger partial charge in [-0.05, 0) is 26.0 Å². The smallest absolute Gasteiger partial charge is 0.331 e. The topological polar surface area (TPSA) is 100 Å². The Hall–Kier alpha value is -3.03. The van der Waals surface area contributed by atoms with Crippen LogP contribution < -0.4 is 14.8 Å². The molecule has 1 aromatic carbocycles. The molecule has 0 radical (unpaired) electrons. The largest absolute Gasteiger partial charge is 0.463 e. The average molecular weight is 335 g/mol. The van der Waals surface area contributed by atoms with E-state index >= 15 is 0 Å². The summed E-state index contributed by atoms with van der Waals surface area (Å²) in [5, 5.41) is 2.59. The fourth-order valence-corrected chi connectivity index (χ4v) is 1.81. The van der Waals surface area contributed by atoms with Gasteiger partial charge in [0.15, 0.2) is 17.6 Å². The predicted octanol–water partition coefficient (Wildman–Crippen LogP) is 1.40. The van der Waals surface area contributed by atoms with E-state index in [4.69, 9.17) is 14.2 Å². The second kappa shape index (κ2) is 8.00. The van der Waals surface area contributed by atoms with Crippen LogP contribution >= 0.6 is 0 Å². The molecule has 24 heavy (non-hydrogen) atoms. The molecule has 1 aliphatic heterocycles. The molecule has 0 aliphatic carbocycles. The molecule has 0 fully saturated rings. The van der Waals surface area contributed by atoms with Crippen LogP contribution in [0.2, 0.25) is 0 Å². The Balaban J connectivity index is 1.85. The van der Waals surface area contributed by atoms with Crippen molar-refractivity contribution in [3.8, 4) is 11.5 Å². The standard InChI is InChI=1S/C16H17NO7/c1-3-21-14(18)6-7-15(19)24-10(2)16(20)17-11-4-5-12-13(8-11)23-9-22-12/h4-8,10H,3,9H2,1-2H3,(H,17,20)/b7-6+/t10-/m0/s1. The Bertz CT molecular complexity index is 668. The van der Waals surface area contributed by atoms with E-state index in [0.717, 1.165) is 12.2 Å². The van der Waals surface area contributed by atoms with Crippen LogP contribution in [0.3, 0.4) is 0 Å². The van der Waals surface area contributed by atoms with E-state index in [1.54, 1.807) is 25.1 Å². The fraction of sp³-hybridized carbons (Fsp3) is 0.312. The van der Waals surface area contributed by atoms with Gasteiger partial charge in [0.2, 0.25) is 6.79 Å². The van der Waals surface area contributed by atoms with Crippen LogP contribution in [-0.2, 0) is 23.9 Å². The molecule has 2 rings (SSSR count). The Morgan fingerprint density at radius 1 is 1.21 bits per heavy atom. The lowest BCUT2D eigenvalue weighted by Crippen LogP contribution is -2.29. The molecular formula is C16H17NO7. The Morgan fingerprint density at radius 2 is 1.92 bits per heavy atom. The highest BCUT2D eigenvalue weighted by atomic mass is 16.7. The first-order valence-electron chi connectivity index (χ1n) is 7.25. The molecule has 0 aromatic heterocycles. The third-order valence-electron chi connectivity index (χ3n) is 2.94. The van der Waals surface area contributed by atoms with E-state index in [2.05, 4.69) is 10.1 Å². The van der Waals surface area contributed by atoms with Crippen molar-refractivity contribution in [2.75, 3.05) is 18.7 Å². The van der Waals surface area contributed by atoms with Crippen molar-refractivity contribution >= 4 is 23.5 Å². The van der Waals surface area contributed by atoms with Gasteiger partial charge in [-0.2, -0.15) is 0 Å². The molecule has 1 aromatic rings. The monoisotopic (exact) mass is 335 g/mol. The highest BCUT2D eigenvalue weighted by Crippen LogP contribution is 2.34. The minimum Gasteiger partial charge on any atom is -0.463 e. The number of anilines is 1. The summed E-state index contributed by atoms with van der Waals surface area (Å²) in [4.78, 5) is 34.6. The third-order valence-corrected chi connectivity index (χ3v) is 2.94. The number of nitrogens with one attached hydrogen (secondary N) is 1. The van der Waals surface area contributed by atoms with Crippen LogP contribution in [-0.4, -0.2) is 37.3 Å². The molecular weight excluding hydrogens is 318 g/mol. The van der Waals surface area contributed by atoms with Crippen molar-refractivity contribution in [3.05, 3.63) is 30.4 Å². The van der Waals surface area contributed by atoms with Crippen LogP contribution in [0.1, 0.15) is 13.8 Å². The number of ether oxygens (including phenoxy) is 4. The summed E-state index contributed by atoms with van der Waals surface area (Å²) in [7, 11) is 0. The van der Waals surface area contributed by atoms with E-state index in [1.807, 2.05) is 0 Å². The highest BCUT2D eigenvalue weighted by molar-refractivity contribution is 5.97. The van der Waals surface area contributed by atoms with Crippen molar-refractivity contribution in [1.82, 2.24) is 0 Å². The third kappa shape index (κ3) is 4.73. The number of benzene rings is 1. The minimum atomic E-state index is -1.05. The average Bonchev–Trinajstić information content (AvgIpc) is 3.00. The first-order chi connectivity index (χ1) is 11.5. The molecule has 0 bridgehead atoms. The van der Waals surface area contributed by atoms with E-state index in [0.29, 0.717) is 17.2 Å². The van der Waals surface area contributed by atoms with Gasteiger partial charge in [-0.15, -0.1) is 0 Å². The van der Waals surface area contributed by atoms with Crippen molar-refractivity contribution < 1.29 is 33.3 Å². The number of rotatable bonds is 6. The lowest BCUT2D eigenvalue weighted by molar-refractivity contribution is -0.148. The van der Waals surface area contributed by atoms with Crippen molar-refractivity contribution in [3.63, 3.8) is 0 Å². The number of fused-ring (bicyclic) bond motifs is 1. The summed E-state index contributed by atoms with van der Waals surface area (Å²) in [5.74, 6) is -0.888. The quantitative estimate of drug-likeness (QED) is 0.619. The summed E-state index contributed by atoms with van der Waals surface area (Å²) in [6, 6.07) is 4.91. The molecule has 1 atom stereocenters. The highest BCUT2D eigenvalue weighted by Gasteiger charge is 2.19. The van der Waals surface area contributed by atoms with E-state index in [-0.39, 0.29) is 13.4 Å². The van der Waals surface area contributed by atoms with Gasteiger partial charge in [0.05, 0.1) is 6.61 Å². The number of amides is 1. The Labute approximate surface area is 138 Å². The first kappa shape index (κ1) is 17.3. The van der Waals surface area contributed by atoms with Crippen LogP contribution in [0.4, 0.5) is 5.69 Å². The molecule has 1 heterocycles. The van der Waals surface area contributed by atoms with Gasteiger partial charge in [-0.1, -0.05) is 0 Å². The fourth-order valence-electron chi connectivity index (χ4n) is 1.81. The summed E-state index contributed by atoms with van der Waals surface area (Å²) >= 11 is 0. The normalized spacial score (nSPS) is 13.4. The van der Waals surface area contributed by atoms with Crippen LogP contribution in [0.25, 0.3) is 0 Å². The second-order valence-corrected chi connectivity index (χ2v) is 4.72. The predicted molar refractivity (Wildman–Crippen MR) is 82.5 cm³/mol. The minimum absolute atomic E-state index is 0.132. The molecule has 0 unspecified atom stereocenters. The lowest BCUT2D eigenvalue weighted by atomic mass is 10.2. The molecule has 1 aliphatic rings. The SMILES string of the molecule is CCOC(=O)/C=C/C(=O)O[C@@H](C)C(=O)Nc1ccc2c(c1)OCO2. The molecule has 0 saturated carbocycles. The zero-order valence-corrected chi connectivity index (χ0v) is 13.2. The van der Waals surface area contributed by atoms with Crippen LogP contribution in [0, 0.1) is 0 Å². The Kier molecular flexibility index (Phi) is 5.78. The van der Waals surface area contributed by atoms with Gasteiger partial charge in [0.1, 0.15) is 0 Å². The van der Waals surface area contributed by atoms with Crippen molar-refractivity contribution in [2.45, 2.75) is 20.0 Å². The van der Waals surface area contributed by atoms with Gasteiger partial charge in [-0.25, -0.2) is 9.59 Å². The summed E-state index contributed by atoms with van der Waals surface area (Å²) < 4.78 is 19.9. The zero-order chi connectivity index (χ0) is 17.5. The van der Waals surface area contributed by atoms with Gasteiger partial charge >= 0.3 is 11.9 Å². The summed E-state index contributed by atoms with van der Waals surface area (Å²) in [6.45, 7) is 3.39. The first-order valence-corrected chi connectivity index (χ1v) is 7.25. The number of hydrogen-bond acceptors (Lipinski definition) is 7. The number of esters is 2. The van der Waals surface area contributed by atoms with Gasteiger partial charge in [0, 0.05) is 23.9 Å². The van der Waals surface area contributed by atoms with Crippen molar-refractivity contribution in [1.29, 1.82) is 0 Å². The summed E-state index contributed by atoms with van der Waals surface area (Å²) in [5.41, 5.74) is 0.481. The molecule has 8 heteroatoms. The summed E-state index contributed by atoms with van der Waals surface area (Å²) in [6.07, 6.45) is 0.797. The Morgan fingerprint density at radius 3 is 2.67 bits per heavy atom. The second-order valence-electron chi connectivity index (χ2n) is 4.72. The molecule has 0 spiro atoms. The van der Waals surface area contributed by atoms with Gasteiger partial charge in [0.25, 0.3) is 5.91 Å². The molecule has 128 valence electrons. The van der Waals surface area contributed by atoms with E-state index in [9.17, 15) is 14.4 Å².